The molecule has 0 aliphatic rings. The van der Waals surface area contributed by atoms with Crippen LogP contribution in [0.3, 0.4) is 0 Å². The second-order valence-corrected chi connectivity index (χ2v) is 6.68. The molecule has 0 N–H and O–H groups in total. The van der Waals surface area contributed by atoms with Crippen molar-refractivity contribution in [2.24, 2.45) is 0 Å². The van der Waals surface area contributed by atoms with Crippen molar-refractivity contribution in [1.29, 1.82) is 0 Å². The number of carbonyl (C=O) groups excluding carboxylic acids is 1. The normalized spacial score (nSPS) is 11.9. The molecule has 3 aromatic rings. The Morgan fingerprint density at radius 1 is 1.17 bits per heavy atom. The Labute approximate surface area is 173 Å². The van der Waals surface area contributed by atoms with Crippen molar-refractivity contribution in [3.63, 3.8) is 0 Å². The second-order valence-electron chi connectivity index (χ2n) is 6.24. The summed E-state index contributed by atoms with van der Waals surface area (Å²) in [7, 11) is 0. The van der Waals surface area contributed by atoms with E-state index >= 15 is 0 Å². The van der Waals surface area contributed by atoms with E-state index < -0.39 is 6.10 Å². The van der Waals surface area contributed by atoms with Crippen LogP contribution in [-0.2, 0) is 4.79 Å². The van der Waals surface area contributed by atoms with Gasteiger partial charge in [0.15, 0.2) is 6.10 Å². The van der Waals surface area contributed by atoms with E-state index in [2.05, 4.69) is 10.1 Å². The lowest BCUT2D eigenvalue weighted by Crippen LogP contribution is -2.40. The Bertz CT molecular complexity index is 1010. The molecule has 1 amide bonds. The predicted molar refractivity (Wildman–Crippen MR) is 108 cm³/mol. The molecule has 2 aromatic carbocycles. The van der Waals surface area contributed by atoms with Crippen molar-refractivity contribution in [2.45, 2.75) is 26.9 Å². The first-order valence-corrected chi connectivity index (χ1v) is 9.59. The average Bonchev–Trinajstić information content (AvgIpc) is 2.71. The van der Waals surface area contributed by atoms with E-state index in [4.69, 9.17) is 21.1 Å². The SMILES string of the molecule is CCN(CC)C(=O)C(C)Oc1ccc(Oc2nc3ccc(Cl)cc3[n+]([O-])n2)cc1. The molecule has 0 radical (unpaired) electrons. The Kier molecular flexibility index (Phi) is 6.33. The molecule has 29 heavy (non-hydrogen) atoms. The van der Waals surface area contributed by atoms with Crippen molar-refractivity contribution in [3.05, 3.63) is 52.7 Å². The monoisotopic (exact) mass is 416 g/mol. The van der Waals surface area contributed by atoms with E-state index in [0.29, 0.717) is 40.0 Å². The van der Waals surface area contributed by atoms with Gasteiger partial charge in [-0.05, 0) is 62.0 Å². The highest BCUT2D eigenvalue weighted by Gasteiger charge is 2.20. The lowest BCUT2D eigenvalue weighted by atomic mass is 10.3. The van der Waals surface area contributed by atoms with Crippen molar-refractivity contribution in [2.75, 3.05) is 13.1 Å². The van der Waals surface area contributed by atoms with Crippen LogP contribution in [0.1, 0.15) is 20.8 Å². The van der Waals surface area contributed by atoms with Gasteiger partial charge in [-0.2, -0.15) is 4.98 Å². The fourth-order valence-corrected chi connectivity index (χ4v) is 2.95. The van der Waals surface area contributed by atoms with Crippen LogP contribution in [0.25, 0.3) is 11.0 Å². The molecule has 1 unspecified atom stereocenters. The van der Waals surface area contributed by atoms with Crippen LogP contribution in [-0.4, -0.2) is 40.1 Å². The number of hydrogen-bond acceptors (Lipinski definition) is 6. The van der Waals surface area contributed by atoms with E-state index in [0.717, 1.165) is 0 Å². The van der Waals surface area contributed by atoms with Crippen molar-refractivity contribution < 1.29 is 19.1 Å². The highest BCUT2D eigenvalue weighted by atomic mass is 35.5. The highest BCUT2D eigenvalue weighted by molar-refractivity contribution is 6.31. The summed E-state index contributed by atoms with van der Waals surface area (Å²) in [6.45, 7) is 6.83. The number of hydrogen-bond donors (Lipinski definition) is 0. The number of aromatic nitrogens is 3. The molecule has 8 nitrogen and oxygen atoms in total. The van der Waals surface area contributed by atoms with Crippen molar-refractivity contribution in [3.8, 4) is 17.5 Å². The lowest BCUT2D eigenvalue weighted by Gasteiger charge is -2.23. The molecule has 0 saturated carbocycles. The minimum absolute atomic E-state index is 0.0695. The zero-order valence-corrected chi connectivity index (χ0v) is 17.1. The van der Waals surface area contributed by atoms with Gasteiger partial charge in [0.05, 0.1) is 5.10 Å². The molecule has 3 rings (SSSR count). The third-order valence-corrected chi connectivity index (χ3v) is 4.54. The van der Waals surface area contributed by atoms with Gasteiger partial charge in [0.25, 0.3) is 11.4 Å². The van der Waals surface area contributed by atoms with Crippen LogP contribution < -0.4 is 14.3 Å². The molecule has 1 heterocycles. The zero-order chi connectivity index (χ0) is 21.0. The maximum atomic E-state index is 12.3. The van der Waals surface area contributed by atoms with Crippen LogP contribution in [0.4, 0.5) is 0 Å². The van der Waals surface area contributed by atoms with Crippen LogP contribution in [0.5, 0.6) is 17.5 Å². The number of benzene rings is 2. The van der Waals surface area contributed by atoms with Crippen LogP contribution in [0.15, 0.2) is 42.5 Å². The first kappa shape index (κ1) is 20.6. The van der Waals surface area contributed by atoms with Gasteiger partial charge >= 0.3 is 6.01 Å². The molecule has 1 atom stereocenters. The standard InChI is InChI=1S/C20H21ClN4O4/c1-4-24(5-2)19(26)13(3)28-15-7-9-16(10-8-15)29-20-22-17-11-6-14(21)12-18(17)25(27)23-20/h6-13H,4-5H2,1-3H3. The highest BCUT2D eigenvalue weighted by Crippen LogP contribution is 2.23. The summed E-state index contributed by atoms with van der Waals surface area (Å²) in [5.41, 5.74) is 0.665. The molecule has 0 aliphatic carbocycles. The third kappa shape index (κ3) is 4.83. The van der Waals surface area contributed by atoms with E-state index in [1.54, 1.807) is 48.2 Å². The topological polar surface area (TPSA) is 91.5 Å². The van der Waals surface area contributed by atoms with Gasteiger partial charge in [-0.15, -0.1) is 0 Å². The lowest BCUT2D eigenvalue weighted by molar-refractivity contribution is -0.643. The Morgan fingerprint density at radius 3 is 2.48 bits per heavy atom. The number of fused-ring (bicyclic) bond motifs is 1. The molecular weight excluding hydrogens is 396 g/mol. The van der Waals surface area contributed by atoms with Gasteiger partial charge in [0.1, 0.15) is 17.0 Å². The maximum absolute atomic E-state index is 12.3. The van der Waals surface area contributed by atoms with Crippen molar-refractivity contribution >= 4 is 28.5 Å². The van der Waals surface area contributed by atoms with Gasteiger partial charge in [-0.3, -0.25) is 4.79 Å². The summed E-state index contributed by atoms with van der Waals surface area (Å²) in [6.07, 6.45) is -0.600. The molecule has 0 saturated heterocycles. The number of amides is 1. The number of likely N-dealkylation sites (N-methyl/N-ethyl adjacent to an activating group) is 1. The summed E-state index contributed by atoms with van der Waals surface area (Å²) >= 11 is 5.89. The molecule has 0 spiro atoms. The summed E-state index contributed by atoms with van der Waals surface area (Å²) < 4.78 is 11.3. The minimum atomic E-state index is -0.600. The van der Waals surface area contributed by atoms with Gasteiger partial charge in [0, 0.05) is 24.2 Å². The maximum Gasteiger partial charge on any atom is 0.386 e. The largest absolute Gasteiger partial charge is 0.594 e. The fourth-order valence-electron chi connectivity index (χ4n) is 2.78. The molecule has 0 bridgehead atoms. The number of rotatable bonds is 7. The summed E-state index contributed by atoms with van der Waals surface area (Å²) in [6, 6.07) is 11.3. The minimum Gasteiger partial charge on any atom is -0.594 e. The van der Waals surface area contributed by atoms with Gasteiger partial charge in [-0.1, -0.05) is 11.6 Å². The van der Waals surface area contributed by atoms with Gasteiger partial charge in [0.2, 0.25) is 0 Å². The molecule has 1 aromatic heterocycles. The van der Waals surface area contributed by atoms with Crippen LogP contribution in [0.2, 0.25) is 5.02 Å². The molecular formula is C20H21ClN4O4. The van der Waals surface area contributed by atoms with Crippen LogP contribution >= 0.6 is 11.6 Å². The Morgan fingerprint density at radius 2 is 1.83 bits per heavy atom. The van der Waals surface area contributed by atoms with E-state index in [1.807, 2.05) is 13.8 Å². The van der Waals surface area contributed by atoms with Crippen LogP contribution in [0, 0.1) is 5.21 Å². The van der Waals surface area contributed by atoms with E-state index in [1.165, 1.54) is 6.07 Å². The van der Waals surface area contributed by atoms with E-state index in [9.17, 15) is 10.0 Å². The molecule has 0 aliphatic heterocycles. The summed E-state index contributed by atoms with van der Waals surface area (Å²) in [4.78, 5) is 18.6. The molecule has 152 valence electrons. The molecule has 0 fully saturated rings. The van der Waals surface area contributed by atoms with Gasteiger partial charge < -0.3 is 19.6 Å². The molecule has 9 heteroatoms. The average molecular weight is 417 g/mol. The second kappa shape index (κ2) is 8.91. The van der Waals surface area contributed by atoms with E-state index in [-0.39, 0.29) is 17.4 Å². The quantitative estimate of drug-likeness (QED) is 0.433. The Hall–Kier alpha value is -3.13. The number of nitrogens with zero attached hydrogens (tertiary/aromatic N) is 4. The summed E-state index contributed by atoms with van der Waals surface area (Å²) in [5, 5.41) is 16.2. The number of carbonyl (C=O) groups is 1. The predicted octanol–water partition coefficient (Wildman–Crippen LogP) is 3.34. The first-order valence-electron chi connectivity index (χ1n) is 9.21. The number of halogens is 1. The summed E-state index contributed by atoms with van der Waals surface area (Å²) in [5.74, 6) is 0.881. The van der Waals surface area contributed by atoms with Crippen molar-refractivity contribution in [1.82, 2.24) is 15.0 Å². The smallest absolute Gasteiger partial charge is 0.386 e. The zero-order valence-electron chi connectivity index (χ0n) is 16.3. The third-order valence-electron chi connectivity index (χ3n) is 4.30. The first-order chi connectivity index (χ1) is 13.9. The number of ether oxygens (including phenoxy) is 2. The Balaban J connectivity index is 1.70. The fraction of sp³-hybridized carbons (Fsp3) is 0.300. The van der Waals surface area contributed by atoms with Gasteiger partial charge in [-0.25, -0.2) is 0 Å².